The second-order valence-corrected chi connectivity index (χ2v) is 8.64. The number of amides is 1. The Morgan fingerprint density at radius 2 is 1.62 bits per heavy atom. The number of hydrogen-bond acceptors (Lipinski definition) is 2. The first kappa shape index (κ1) is 19.1. The third kappa shape index (κ3) is 4.51. The van der Waals surface area contributed by atoms with Gasteiger partial charge in [0, 0.05) is 13.1 Å². The lowest BCUT2D eigenvalue weighted by molar-refractivity contribution is -0.137. The maximum Gasteiger partial charge on any atom is 0.416 e. The third-order valence-electron chi connectivity index (χ3n) is 5.31. The van der Waals surface area contributed by atoms with Crippen molar-refractivity contribution < 1.29 is 22.7 Å². The molecule has 0 aromatic heterocycles. The molecule has 0 radical (unpaired) electrons. The summed E-state index contributed by atoms with van der Waals surface area (Å²) in [5, 5.41) is 0. The zero-order valence-electron chi connectivity index (χ0n) is 15.5. The minimum Gasteiger partial charge on any atom is -0.444 e. The van der Waals surface area contributed by atoms with Crippen LogP contribution in [0.25, 0.3) is 0 Å². The number of likely N-dealkylation sites (tertiary alicyclic amines) is 1. The predicted molar refractivity (Wildman–Crippen MR) is 92.7 cm³/mol. The van der Waals surface area contributed by atoms with Gasteiger partial charge in [-0.05, 0) is 75.5 Å². The summed E-state index contributed by atoms with van der Waals surface area (Å²) in [6.45, 7) is 7.04. The van der Waals surface area contributed by atoms with Gasteiger partial charge >= 0.3 is 12.3 Å². The zero-order valence-corrected chi connectivity index (χ0v) is 15.5. The monoisotopic (exact) mass is 369 g/mol. The van der Waals surface area contributed by atoms with E-state index in [0.717, 1.165) is 50.0 Å². The molecule has 2 aliphatic rings. The van der Waals surface area contributed by atoms with Crippen LogP contribution in [0.5, 0.6) is 0 Å². The van der Waals surface area contributed by atoms with Crippen LogP contribution in [0.1, 0.15) is 44.7 Å². The smallest absolute Gasteiger partial charge is 0.416 e. The minimum absolute atomic E-state index is 0.244. The SMILES string of the molecule is CC(C)(C)OC(=O)N1CC2CC(Cc3ccc(C(F)(F)F)cc3)CC2C1. The molecule has 2 atom stereocenters. The fourth-order valence-electron chi connectivity index (χ4n) is 4.23. The molecule has 1 aromatic rings. The number of hydrogen-bond donors (Lipinski definition) is 0. The number of nitrogens with zero attached hydrogens (tertiary/aromatic N) is 1. The summed E-state index contributed by atoms with van der Waals surface area (Å²) < 4.78 is 43.4. The number of alkyl halides is 3. The second kappa shape index (κ2) is 6.78. The van der Waals surface area contributed by atoms with Gasteiger partial charge in [-0.3, -0.25) is 0 Å². The van der Waals surface area contributed by atoms with Gasteiger partial charge in [-0.1, -0.05) is 12.1 Å². The van der Waals surface area contributed by atoms with Crippen LogP contribution in [-0.4, -0.2) is 29.7 Å². The van der Waals surface area contributed by atoms with Crippen molar-refractivity contribution in [1.29, 1.82) is 0 Å². The standard InChI is InChI=1S/C20H26F3NO2/c1-19(2,3)26-18(25)24-11-15-9-14(10-16(15)12-24)8-13-4-6-17(7-5-13)20(21,22)23/h4-7,14-16H,8-12H2,1-3H3. The van der Waals surface area contributed by atoms with Crippen LogP contribution in [0.2, 0.25) is 0 Å². The fourth-order valence-corrected chi connectivity index (χ4v) is 4.23. The fraction of sp³-hybridized carbons (Fsp3) is 0.650. The normalized spacial score (nSPS) is 26.1. The van der Waals surface area contributed by atoms with Crippen LogP contribution in [-0.2, 0) is 17.3 Å². The van der Waals surface area contributed by atoms with Crippen molar-refractivity contribution in [2.45, 2.75) is 51.8 Å². The van der Waals surface area contributed by atoms with Gasteiger partial charge in [-0.15, -0.1) is 0 Å². The highest BCUT2D eigenvalue weighted by Crippen LogP contribution is 2.43. The predicted octanol–water partition coefficient (Wildman–Crippen LogP) is 5.14. The summed E-state index contributed by atoms with van der Waals surface area (Å²) in [5.41, 5.74) is -0.135. The Balaban J connectivity index is 1.51. The molecule has 2 fully saturated rings. The Hall–Kier alpha value is -1.72. The number of rotatable bonds is 2. The summed E-state index contributed by atoms with van der Waals surface area (Å²) in [5.74, 6) is 1.42. The van der Waals surface area contributed by atoms with Crippen molar-refractivity contribution in [3.63, 3.8) is 0 Å². The molecule has 1 amide bonds. The molecule has 1 aromatic carbocycles. The van der Waals surface area contributed by atoms with Crippen LogP contribution < -0.4 is 0 Å². The van der Waals surface area contributed by atoms with E-state index >= 15 is 0 Å². The quantitative estimate of drug-likeness (QED) is 0.722. The third-order valence-corrected chi connectivity index (χ3v) is 5.31. The van der Waals surface area contributed by atoms with Crippen molar-refractivity contribution in [3.05, 3.63) is 35.4 Å². The van der Waals surface area contributed by atoms with Gasteiger partial charge in [0.25, 0.3) is 0 Å². The summed E-state index contributed by atoms with van der Waals surface area (Å²) >= 11 is 0. The van der Waals surface area contributed by atoms with E-state index in [2.05, 4.69) is 0 Å². The lowest BCUT2D eigenvalue weighted by atomic mass is 9.95. The molecule has 1 aliphatic carbocycles. The molecule has 1 aliphatic heterocycles. The second-order valence-electron chi connectivity index (χ2n) is 8.64. The number of carbonyl (C=O) groups excluding carboxylic acids is 1. The molecule has 0 bridgehead atoms. The van der Waals surface area contributed by atoms with E-state index in [1.165, 1.54) is 0 Å². The minimum atomic E-state index is -4.28. The van der Waals surface area contributed by atoms with E-state index in [4.69, 9.17) is 4.74 Å². The van der Waals surface area contributed by atoms with Crippen LogP contribution in [0.3, 0.4) is 0 Å². The summed E-state index contributed by atoms with van der Waals surface area (Å²) in [6.07, 6.45) is -1.69. The van der Waals surface area contributed by atoms with Gasteiger partial charge in [-0.25, -0.2) is 4.79 Å². The Bertz CT molecular complexity index is 635. The lowest BCUT2D eigenvalue weighted by Gasteiger charge is -2.25. The van der Waals surface area contributed by atoms with Crippen LogP contribution >= 0.6 is 0 Å². The van der Waals surface area contributed by atoms with E-state index in [1.54, 1.807) is 17.0 Å². The van der Waals surface area contributed by atoms with Crippen LogP contribution in [0.15, 0.2) is 24.3 Å². The molecule has 1 heterocycles. The highest BCUT2D eigenvalue weighted by atomic mass is 19.4. The first-order chi connectivity index (χ1) is 12.0. The van der Waals surface area contributed by atoms with Crippen molar-refractivity contribution in [2.75, 3.05) is 13.1 Å². The molecule has 26 heavy (non-hydrogen) atoms. The van der Waals surface area contributed by atoms with E-state index in [9.17, 15) is 18.0 Å². The summed E-state index contributed by atoms with van der Waals surface area (Å²) in [6, 6.07) is 5.50. The summed E-state index contributed by atoms with van der Waals surface area (Å²) in [4.78, 5) is 14.0. The van der Waals surface area contributed by atoms with Gasteiger partial charge in [-0.2, -0.15) is 13.2 Å². The largest absolute Gasteiger partial charge is 0.444 e. The van der Waals surface area contributed by atoms with Gasteiger partial charge < -0.3 is 9.64 Å². The van der Waals surface area contributed by atoms with Crippen molar-refractivity contribution in [1.82, 2.24) is 4.90 Å². The average molecular weight is 369 g/mol. The van der Waals surface area contributed by atoms with Crippen molar-refractivity contribution in [2.24, 2.45) is 17.8 Å². The number of benzene rings is 1. The summed E-state index contributed by atoms with van der Waals surface area (Å²) in [7, 11) is 0. The Labute approximate surface area is 152 Å². The van der Waals surface area contributed by atoms with E-state index in [0.29, 0.717) is 17.8 Å². The maximum absolute atomic E-state index is 12.6. The molecule has 6 heteroatoms. The maximum atomic E-state index is 12.6. The molecular formula is C20H26F3NO2. The number of ether oxygens (including phenoxy) is 1. The van der Waals surface area contributed by atoms with E-state index < -0.39 is 17.3 Å². The molecule has 144 valence electrons. The van der Waals surface area contributed by atoms with Gasteiger partial charge in [0.15, 0.2) is 0 Å². The topological polar surface area (TPSA) is 29.5 Å². The molecule has 2 unspecified atom stereocenters. The first-order valence-corrected chi connectivity index (χ1v) is 9.15. The van der Waals surface area contributed by atoms with Gasteiger partial charge in [0.05, 0.1) is 5.56 Å². The number of halogens is 3. The first-order valence-electron chi connectivity index (χ1n) is 9.15. The van der Waals surface area contributed by atoms with Crippen molar-refractivity contribution >= 4 is 6.09 Å². The molecule has 3 rings (SSSR count). The Morgan fingerprint density at radius 3 is 2.08 bits per heavy atom. The van der Waals surface area contributed by atoms with E-state index in [1.807, 2.05) is 20.8 Å². The number of carbonyl (C=O) groups is 1. The molecule has 3 nitrogen and oxygen atoms in total. The molecule has 1 saturated carbocycles. The Morgan fingerprint density at radius 1 is 1.08 bits per heavy atom. The molecular weight excluding hydrogens is 343 g/mol. The molecule has 1 saturated heterocycles. The van der Waals surface area contributed by atoms with Crippen LogP contribution in [0.4, 0.5) is 18.0 Å². The molecule has 0 N–H and O–H groups in total. The highest BCUT2D eigenvalue weighted by molar-refractivity contribution is 5.68. The van der Waals surface area contributed by atoms with Gasteiger partial charge in [0.1, 0.15) is 5.60 Å². The van der Waals surface area contributed by atoms with Crippen molar-refractivity contribution in [3.8, 4) is 0 Å². The Kier molecular flexibility index (Phi) is 4.97. The highest BCUT2D eigenvalue weighted by Gasteiger charge is 2.43. The lowest BCUT2D eigenvalue weighted by Crippen LogP contribution is -2.36. The van der Waals surface area contributed by atoms with Crippen LogP contribution in [0, 0.1) is 17.8 Å². The van der Waals surface area contributed by atoms with E-state index in [-0.39, 0.29) is 6.09 Å². The molecule has 0 spiro atoms. The zero-order chi connectivity index (χ0) is 19.1. The number of fused-ring (bicyclic) bond motifs is 1. The van der Waals surface area contributed by atoms with Gasteiger partial charge in [0.2, 0.25) is 0 Å². The average Bonchev–Trinajstić information content (AvgIpc) is 3.03.